The lowest BCUT2D eigenvalue weighted by Gasteiger charge is -2.29. The molecule has 2 N–H and O–H groups in total. The van der Waals surface area contributed by atoms with Gasteiger partial charge in [0.2, 0.25) is 0 Å². The van der Waals surface area contributed by atoms with Crippen LogP contribution in [0, 0.1) is 0 Å². The molecule has 0 saturated carbocycles. The maximum absolute atomic E-state index is 10.8. The molecule has 78 valence electrons. The lowest BCUT2D eigenvalue weighted by atomic mass is 10.0. The SMILES string of the molecule is CNC(C)(COC(C)(C)C)C(=O)O. The molecule has 0 aliphatic heterocycles. The molecule has 0 amide bonds. The number of aliphatic carboxylic acids is 1. The van der Waals surface area contributed by atoms with E-state index in [1.807, 2.05) is 20.8 Å². The lowest BCUT2D eigenvalue weighted by Crippen LogP contribution is -2.52. The standard InChI is InChI=1S/C9H19NO3/c1-8(2,3)13-6-9(4,10-5)7(11)12/h10H,6H2,1-5H3,(H,11,12). The third kappa shape index (κ3) is 4.24. The van der Waals surface area contributed by atoms with E-state index in [1.54, 1.807) is 14.0 Å². The molecule has 0 bridgehead atoms. The van der Waals surface area contributed by atoms with Crippen LogP contribution in [-0.4, -0.2) is 35.9 Å². The Bertz CT molecular complexity index is 186. The maximum Gasteiger partial charge on any atom is 0.326 e. The van der Waals surface area contributed by atoms with Crippen LogP contribution >= 0.6 is 0 Å². The summed E-state index contributed by atoms with van der Waals surface area (Å²) in [5.74, 6) is -0.903. The Labute approximate surface area is 79.3 Å². The van der Waals surface area contributed by atoms with Gasteiger partial charge < -0.3 is 15.2 Å². The summed E-state index contributed by atoms with van der Waals surface area (Å²) in [7, 11) is 1.61. The quantitative estimate of drug-likeness (QED) is 0.688. The number of carboxylic acids is 1. The van der Waals surface area contributed by atoms with Gasteiger partial charge in [-0.25, -0.2) is 0 Å². The Morgan fingerprint density at radius 3 is 2.08 bits per heavy atom. The number of carbonyl (C=O) groups is 1. The molecule has 0 heterocycles. The second-order valence-corrected chi connectivity index (χ2v) is 4.29. The van der Waals surface area contributed by atoms with Gasteiger partial charge in [-0.2, -0.15) is 0 Å². The van der Waals surface area contributed by atoms with Gasteiger partial charge in [-0.1, -0.05) is 0 Å². The molecule has 0 aromatic carbocycles. The summed E-state index contributed by atoms with van der Waals surface area (Å²) in [4.78, 5) is 10.8. The van der Waals surface area contributed by atoms with Crippen molar-refractivity contribution >= 4 is 5.97 Å². The predicted molar refractivity (Wildman–Crippen MR) is 50.8 cm³/mol. The molecular weight excluding hydrogens is 170 g/mol. The fourth-order valence-electron chi connectivity index (χ4n) is 0.602. The largest absolute Gasteiger partial charge is 0.480 e. The van der Waals surface area contributed by atoms with Crippen LogP contribution in [-0.2, 0) is 9.53 Å². The number of rotatable bonds is 4. The summed E-state index contributed by atoms with van der Waals surface area (Å²) in [6.07, 6.45) is 0. The fourth-order valence-corrected chi connectivity index (χ4v) is 0.602. The molecule has 0 aliphatic carbocycles. The van der Waals surface area contributed by atoms with Gasteiger partial charge in [-0.05, 0) is 34.7 Å². The van der Waals surface area contributed by atoms with Crippen LogP contribution in [0.5, 0.6) is 0 Å². The highest BCUT2D eigenvalue weighted by atomic mass is 16.5. The summed E-state index contributed by atoms with van der Waals surface area (Å²) in [5.41, 5.74) is -1.32. The van der Waals surface area contributed by atoms with E-state index in [4.69, 9.17) is 9.84 Å². The predicted octanol–water partition coefficient (Wildman–Crippen LogP) is 0.864. The first-order valence-corrected chi connectivity index (χ1v) is 4.27. The van der Waals surface area contributed by atoms with Gasteiger partial charge >= 0.3 is 5.97 Å². The molecular formula is C9H19NO3. The van der Waals surface area contributed by atoms with Crippen LogP contribution in [0.25, 0.3) is 0 Å². The summed E-state index contributed by atoms with van der Waals surface area (Å²) in [6, 6.07) is 0. The molecule has 0 radical (unpaired) electrons. The zero-order valence-electron chi connectivity index (χ0n) is 8.97. The molecule has 4 nitrogen and oxygen atoms in total. The van der Waals surface area contributed by atoms with Gasteiger partial charge in [-0.15, -0.1) is 0 Å². The topological polar surface area (TPSA) is 58.6 Å². The minimum Gasteiger partial charge on any atom is -0.480 e. The molecule has 0 rings (SSSR count). The van der Waals surface area contributed by atoms with Crippen molar-refractivity contribution < 1.29 is 14.6 Å². The van der Waals surface area contributed by atoms with Crippen LogP contribution in [0.3, 0.4) is 0 Å². The Kier molecular flexibility index (Phi) is 3.88. The number of ether oxygens (including phenoxy) is 1. The Balaban J connectivity index is 4.22. The first-order chi connectivity index (χ1) is 5.71. The molecule has 0 saturated heterocycles. The fraction of sp³-hybridized carbons (Fsp3) is 0.889. The summed E-state index contributed by atoms with van der Waals surface area (Å²) in [6.45, 7) is 7.43. The molecule has 4 heteroatoms. The zero-order valence-corrected chi connectivity index (χ0v) is 8.97. The number of nitrogens with one attached hydrogen (secondary N) is 1. The minimum atomic E-state index is -1.01. The zero-order chi connectivity index (χ0) is 10.7. The van der Waals surface area contributed by atoms with Gasteiger partial charge in [0.15, 0.2) is 0 Å². The van der Waals surface area contributed by atoms with E-state index in [0.29, 0.717) is 0 Å². The number of hydrogen-bond donors (Lipinski definition) is 2. The Morgan fingerprint density at radius 2 is 1.85 bits per heavy atom. The van der Waals surface area contributed by atoms with Crippen LogP contribution in [0.15, 0.2) is 0 Å². The number of hydrogen-bond acceptors (Lipinski definition) is 3. The third-order valence-corrected chi connectivity index (χ3v) is 1.82. The van der Waals surface area contributed by atoms with Crippen molar-refractivity contribution in [3.63, 3.8) is 0 Å². The molecule has 0 aliphatic rings. The summed E-state index contributed by atoms with van der Waals surface area (Å²) >= 11 is 0. The maximum atomic E-state index is 10.8. The molecule has 0 aromatic rings. The van der Waals surface area contributed by atoms with Crippen molar-refractivity contribution in [1.82, 2.24) is 5.32 Å². The third-order valence-electron chi connectivity index (χ3n) is 1.82. The van der Waals surface area contributed by atoms with Gasteiger partial charge in [0.1, 0.15) is 5.54 Å². The average molecular weight is 189 g/mol. The van der Waals surface area contributed by atoms with Gasteiger partial charge in [-0.3, -0.25) is 4.79 Å². The smallest absolute Gasteiger partial charge is 0.326 e. The summed E-state index contributed by atoms with van der Waals surface area (Å²) in [5, 5.41) is 11.6. The highest BCUT2D eigenvalue weighted by molar-refractivity contribution is 5.78. The molecule has 0 fully saturated rings. The first kappa shape index (κ1) is 12.4. The second kappa shape index (κ2) is 4.07. The molecule has 0 spiro atoms. The van der Waals surface area contributed by atoms with Crippen molar-refractivity contribution in [2.75, 3.05) is 13.7 Å². The van der Waals surface area contributed by atoms with Crippen molar-refractivity contribution in [3.05, 3.63) is 0 Å². The van der Waals surface area contributed by atoms with Crippen LogP contribution in [0.2, 0.25) is 0 Å². The van der Waals surface area contributed by atoms with Crippen molar-refractivity contribution in [2.45, 2.75) is 38.8 Å². The molecule has 0 aromatic heterocycles. The van der Waals surface area contributed by atoms with Crippen molar-refractivity contribution in [2.24, 2.45) is 0 Å². The van der Waals surface area contributed by atoms with E-state index in [1.165, 1.54) is 0 Å². The van der Waals surface area contributed by atoms with E-state index in [-0.39, 0.29) is 12.2 Å². The second-order valence-electron chi connectivity index (χ2n) is 4.29. The minimum absolute atomic E-state index is 0.155. The van der Waals surface area contributed by atoms with E-state index in [9.17, 15) is 4.79 Å². The highest BCUT2D eigenvalue weighted by Crippen LogP contribution is 2.12. The van der Waals surface area contributed by atoms with Gasteiger partial charge in [0.25, 0.3) is 0 Å². The number of likely N-dealkylation sites (N-methyl/N-ethyl adjacent to an activating group) is 1. The van der Waals surface area contributed by atoms with E-state index in [0.717, 1.165) is 0 Å². The van der Waals surface area contributed by atoms with Crippen LogP contribution in [0.4, 0.5) is 0 Å². The molecule has 13 heavy (non-hydrogen) atoms. The summed E-state index contributed by atoms with van der Waals surface area (Å²) < 4.78 is 5.40. The highest BCUT2D eigenvalue weighted by Gasteiger charge is 2.33. The normalized spacial score (nSPS) is 16.7. The van der Waals surface area contributed by atoms with Gasteiger partial charge in [0.05, 0.1) is 12.2 Å². The molecule has 1 atom stereocenters. The van der Waals surface area contributed by atoms with Crippen LogP contribution in [0.1, 0.15) is 27.7 Å². The van der Waals surface area contributed by atoms with Crippen LogP contribution < -0.4 is 5.32 Å². The lowest BCUT2D eigenvalue weighted by molar-refractivity contribution is -0.149. The van der Waals surface area contributed by atoms with E-state index < -0.39 is 11.5 Å². The first-order valence-electron chi connectivity index (χ1n) is 4.27. The Morgan fingerprint density at radius 1 is 1.38 bits per heavy atom. The monoisotopic (exact) mass is 189 g/mol. The Hall–Kier alpha value is -0.610. The van der Waals surface area contributed by atoms with Crippen molar-refractivity contribution in [1.29, 1.82) is 0 Å². The molecule has 1 unspecified atom stereocenters. The number of carboxylic acid groups (broad SMARTS) is 1. The average Bonchev–Trinajstić information content (AvgIpc) is 1.98. The van der Waals surface area contributed by atoms with Gasteiger partial charge in [0, 0.05) is 0 Å². The van der Waals surface area contributed by atoms with Crippen molar-refractivity contribution in [3.8, 4) is 0 Å². The van der Waals surface area contributed by atoms with E-state index >= 15 is 0 Å². The van der Waals surface area contributed by atoms with E-state index in [2.05, 4.69) is 5.32 Å².